The summed E-state index contributed by atoms with van der Waals surface area (Å²) in [5.74, 6) is 0.579. The number of pyridine rings is 1. The number of phenolic OH excluding ortho intramolecular Hbond substituents is 2. The fraction of sp³-hybridized carbons (Fsp3) is 0.211. The summed E-state index contributed by atoms with van der Waals surface area (Å²) in [5.41, 5.74) is 2.94. The normalized spacial score (nSPS) is 14.2. The number of aromatic amines is 1. The van der Waals surface area contributed by atoms with Gasteiger partial charge in [-0.1, -0.05) is 0 Å². The average molecular weight is 350 g/mol. The minimum Gasteiger partial charge on any atom is -0.508 e. The Morgan fingerprint density at radius 1 is 1.19 bits per heavy atom. The van der Waals surface area contributed by atoms with Gasteiger partial charge < -0.3 is 15.2 Å². The molecule has 0 amide bonds. The van der Waals surface area contributed by atoms with Gasteiger partial charge in [0.2, 0.25) is 0 Å². The molecule has 3 aromatic rings. The molecule has 0 unspecified atom stereocenters. The summed E-state index contributed by atoms with van der Waals surface area (Å²) in [7, 11) is 0. The van der Waals surface area contributed by atoms with Gasteiger partial charge in [-0.25, -0.2) is 4.98 Å². The van der Waals surface area contributed by atoms with Gasteiger partial charge in [-0.3, -0.25) is 14.7 Å². The van der Waals surface area contributed by atoms with Crippen molar-refractivity contribution >= 4 is 0 Å². The minimum atomic E-state index is -0.108. The highest BCUT2D eigenvalue weighted by molar-refractivity contribution is 5.53. The van der Waals surface area contributed by atoms with Gasteiger partial charge in [-0.2, -0.15) is 0 Å². The van der Waals surface area contributed by atoms with E-state index < -0.39 is 0 Å². The Morgan fingerprint density at radius 3 is 2.73 bits per heavy atom. The van der Waals surface area contributed by atoms with Crippen LogP contribution in [0.2, 0.25) is 0 Å². The van der Waals surface area contributed by atoms with Crippen LogP contribution >= 0.6 is 0 Å². The lowest BCUT2D eigenvalue weighted by atomic mass is 10.0. The maximum Gasteiger partial charge on any atom is 0.254 e. The smallest absolute Gasteiger partial charge is 0.254 e. The van der Waals surface area contributed by atoms with Gasteiger partial charge in [0, 0.05) is 49.2 Å². The Hall–Kier alpha value is -3.19. The van der Waals surface area contributed by atoms with Crippen LogP contribution in [0.25, 0.3) is 11.4 Å². The van der Waals surface area contributed by atoms with Gasteiger partial charge in [-0.05, 0) is 36.2 Å². The number of benzene rings is 1. The number of fused-ring (bicyclic) bond motifs is 1. The lowest BCUT2D eigenvalue weighted by Crippen LogP contribution is -2.35. The first-order chi connectivity index (χ1) is 12.6. The number of aromatic hydroxyl groups is 2. The second-order valence-electron chi connectivity index (χ2n) is 6.40. The molecule has 0 saturated heterocycles. The molecule has 0 radical (unpaired) electrons. The van der Waals surface area contributed by atoms with Crippen molar-refractivity contribution in [1.82, 2.24) is 19.9 Å². The van der Waals surface area contributed by atoms with Crippen LogP contribution in [0.3, 0.4) is 0 Å². The maximum absolute atomic E-state index is 12.4. The summed E-state index contributed by atoms with van der Waals surface area (Å²) >= 11 is 0. The van der Waals surface area contributed by atoms with Gasteiger partial charge in [0.05, 0.1) is 5.69 Å². The third-order valence-electron chi connectivity index (χ3n) is 4.46. The van der Waals surface area contributed by atoms with Crippen LogP contribution in [-0.4, -0.2) is 36.6 Å². The number of nitrogens with zero attached hydrogens (tertiary/aromatic N) is 3. The molecule has 2 aromatic heterocycles. The molecule has 26 heavy (non-hydrogen) atoms. The lowest BCUT2D eigenvalue weighted by molar-refractivity contribution is 0.240. The monoisotopic (exact) mass is 350 g/mol. The summed E-state index contributed by atoms with van der Waals surface area (Å²) in [5, 5.41) is 19.3. The molecule has 3 heterocycles. The molecule has 132 valence electrons. The molecule has 0 fully saturated rings. The van der Waals surface area contributed by atoms with E-state index in [2.05, 4.69) is 19.9 Å². The summed E-state index contributed by atoms with van der Waals surface area (Å²) in [6, 6.07) is 8.21. The zero-order chi connectivity index (χ0) is 18.1. The number of hydrogen-bond acceptors (Lipinski definition) is 6. The van der Waals surface area contributed by atoms with Crippen LogP contribution < -0.4 is 5.56 Å². The maximum atomic E-state index is 12.4. The van der Waals surface area contributed by atoms with Crippen molar-refractivity contribution in [3.63, 3.8) is 0 Å². The Balaban J connectivity index is 1.61. The van der Waals surface area contributed by atoms with Crippen molar-refractivity contribution in [1.29, 1.82) is 0 Å². The minimum absolute atomic E-state index is 0.0332. The lowest BCUT2D eigenvalue weighted by Gasteiger charge is -2.27. The highest BCUT2D eigenvalue weighted by Crippen LogP contribution is 2.24. The van der Waals surface area contributed by atoms with Crippen molar-refractivity contribution in [3.05, 3.63) is 69.9 Å². The summed E-state index contributed by atoms with van der Waals surface area (Å²) in [6.45, 7) is 1.79. The van der Waals surface area contributed by atoms with Crippen molar-refractivity contribution in [2.45, 2.75) is 19.5 Å². The standard InChI is InChI=1S/C19H18N4O3/c24-14-6-12(7-15(25)8-14)10-23-5-3-16-17(11-23)21-18(22-19(16)26)13-2-1-4-20-9-13/h1-2,4,6-9,24-25H,3,5,10-11H2,(H,21,22,26). The van der Waals surface area contributed by atoms with Crippen molar-refractivity contribution in [2.24, 2.45) is 0 Å². The van der Waals surface area contributed by atoms with Gasteiger partial charge in [0.15, 0.2) is 0 Å². The molecule has 0 spiro atoms. The van der Waals surface area contributed by atoms with E-state index in [1.165, 1.54) is 6.07 Å². The predicted molar refractivity (Wildman–Crippen MR) is 95.7 cm³/mol. The first kappa shape index (κ1) is 16.3. The van der Waals surface area contributed by atoms with E-state index in [9.17, 15) is 15.0 Å². The second-order valence-corrected chi connectivity index (χ2v) is 6.40. The largest absolute Gasteiger partial charge is 0.508 e. The molecule has 0 bridgehead atoms. The summed E-state index contributed by atoms with van der Waals surface area (Å²) in [4.78, 5) is 26.1. The van der Waals surface area contributed by atoms with Gasteiger partial charge in [-0.15, -0.1) is 0 Å². The number of aromatic nitrogens is 3. The molecule has 1 aromatic carbocycles. The second kappa shape index (κ2) is 6.61. The molecular weight excluding hydrogens is 332 g/mol. The third kappa shape index (κ3) is 3.29. The highest BCUT2D eigenvalue weighted by Gasteiger charge is 2.21. The summed E-state index contributed by atoms with van der Waals surface area (Å²) in [6.07, 6.45) is 3.95. The topological polar surface area (TPSA) is 102 Å². The highest BCUT2D eigenvalue weighted by atomic mass is 16.3. The molecule has 3 N–H and O–H groups in total. The van der Waals surface area contributed by atoms with Gasteiger partial charge >= 0.3 is 0 Å². The van der Waals surface area contributed by atoms with Crippen LogP contribution in [0, 0.1) is 0 Å². The summed E-state index contributed by atoms with van der Waals surface area (Å²) < 4.78 is 0. The van der Waals surface area contributed by atoms with Crippen LogP contribution in [-0.2, 0) is 19.5 Å². The van der Waals surface area contributed by atoms with E-state index in [1.54, 1.807) is 30.6 Å². The molecule has 7 nitrogen and oxygen atoms in total. The molecule has 7 heteroatoms. The number of H-pyrrole nitrogens is 1. The SMILES string of the molecule is O=c1[nH]c(-c2cccnc2)nc2c1CCN(Cc1cc(O)cc(O)c1)C2. The number of hydrogen-bond donors (Lipinski definition) is 3. The van der Waals surface area contributed by atoms with Gasteiger partial charge in [0.25, 0.3) is 5.56 Å². The molecule has 4 rings (SSSR count). The quantitative estimate of drug-likeness (QED) is 0.666. The van der Waals surface area contributed by atoms with Gasteiger partial charge in [0.1, 0.15) is 17.3 Å². The van der Waals surface area contributed by atoms with Crippen molar-refractivity contribution < 1.29 is 10.2 Å². The van der Waals surface area contributed by atoms with Crippen LogP contribution in [0.15, 0.2) is 47.5 Å². The number of phenols is 2. The van der Waals surface area contributed by atoms with E-state index in [1.807, 2.05) is 6.07 Å². The Kier molecular flexibility index (Phi) is 4.14. The van der Waals surface area contributed by atoms with E-state index in [-0.39, 0.29) is 17.1 Å². The molecule has 0 aliphatic carbocycles. The third-order valence-corrected chi connectivity index (χ3v) is 4.46. The van der Waals surface area contributed by atoms with E-state index in [4.69, 9.17) is 0 Å². The van der Waals surface area contributed by atoms with Crippen molar-refractivity contribution in [2.75, 3.05) is 6.54 Å². The zero-order valence-corrected chi connectivity index (χ0v) is 14.0. The van der Waals surface area contributed by atoms with Crippen molar-refractivity contribution in [3.8, 4) is 22.9 Å². The first-order valence-electron chi connectivity index (χ1n) is 8.35. The fourth-order valence-electron chi connectivity index (χ4n) is 3.27. The predicted octanol–water partition coefficient (Wildman–Crippen LogP) is 1.80. The van der Waals surface area contributed by atoms with Crippen LogP contribution in [0.1, 0.15) is 16.8 Å². The molecular formula is C19H18N4O3. The van der Waals surface area contributed by atoms with E-state index in [0.717, 1.165) is 16.8 Å². The average Bonchev–Trinajstić information content (AvgIpc) is 2.61. The molecule has 0 saturated carbocycles. The molecule has 1 aliphatic rings. The Morgan fingerprint density at radius 2 is 2.00 bits per heavy atom. The van der Waals surface area contributed by atoms with Crippen LogP contribution in [0.4, 0.5) is 0 Å². The zero-order valence-electron chi connectivity index (χ0n) is 14.0. The van der Waals surface area contributed by atoms with E-state index >= 15 is 0 Å². The number of nitrogens with one attached hydrogen (secondary N) is 1. The fourth-order valence-corrected chi connectivity index (χ4v) is 3.27. The Bertz CT molecular complexity index is 981. The van der Waals surface area contributed by atoms with Crippen LogP contribution in [0.5, 0.6) is 11.5 Å². The Labute approximate surface area is 149 Å². The van der Waals surface area contributed by atoms with E-state index in [0.29, 0.717) is 37.4 Å². The molecule has 0 atom stereocenters. The first-order valence-corrected chi connectivity index (χ1v) is 8.35. The molecule has 1 aliphatic heterocycles. The number of rotatable bonds is 3.